The Hall–Kier alpha value is -0.260. The van der Waals surface area contributed by atoms with Crippen LogP contribution in [-0.4, -0.2) is 0 Å². The van der Waals surface area contributed by atoms with Crippen LogP contribution in [0.4, 0.5) is 0 Å². The lowest BCUT2D eigenvalue weighted by atomic mass is 9.72. The van der Waals surface area contributed by atoms with Gasteiger partial charge < -0.3 is 0 Å². The fourth-order valence-corrected chi connectivity index (χ4v) is 1.64. The SMILES string of the molecule is C=CCC1CC(CC)C1. The number of hydrogen-bond donors (Lipinski definition) is 0. The highest BCUT2D eigenvalue weighted by Crippen LogP contribution is 2.37. The molecular formula is C9H16. The van der Waals surface area contributed by atoms with E-state index < -0.39 is 0 Å². The van der Waals surface area contributed by atoms with Crippen LogP contribution in [0.2, 0.25) is 0 Å². The van der Waals surface area contributed by atoms with E-state index in [0.29, 0.717) is 0 Å². The van der Waals surface area contributed by atoms with Gasteiger partial charge in [-0.1, -0.05) is 19.4 Å². The third-order valence-corrected chi connectivity index (χ3v) is 2.41. The summed E-state index contributed by atoms with van der Waals surface area (Å²) in [4.78, 5) is 0. The van der Waals surface area contributed by atoms with Crippen molar-refractivity contribution in [3.63, 3.8) is 0 Å². The maximum absolute atomic E-state index is 3.73. The van der Waals surface area contributed by atoms with Crippen LogP contribution < -0.4 is 0 Å². The largest absolute Gasteiger partial charge is 0.103 e. The van der Waals surface area contributed by atoms with Crippen molar-refractivity contribution in [2.24, 2.45) is 11.8 Å². The van der Waals surface area contributed by atoms with E-state index in [4.69, 9.17) is 0 Å². The van der Waals surface area contributed by atoms with Crippen molar-refractivity contribution in [2.75, 3.05) is 0 Å². The predicted octanol–water partition coefficient (Wildman–Crippen LogP) is 3.00. The lowest BCUT2D eigenvalue weighted by Gasteiger charge is -2.33. The molecule has 9 heavy (non-hydrogen) atoms. The molecule has 1 rings (SSSR count). The van der Waals surface area contributed by atoms with E-state index in [1.807, 2.05) is 0 Å². The number of allylic oxidation sites excluding steroid dienone is 1. The Balaban J connectivity index is 2.04. The van der Waals surface area contributed by atoms with Crippen LogP contribution in [0.5, 0.6) is 0 Å². The molecule has 0 aliphatic heterocycles. The topological polar surface area (TPSA) is 0 Å². The first-order valence-corrected chi connectivity index (χ1v) is 3.97. The molecule has 1 aliphatic carbocycles. The molecule has 0 atom stereocenters. The second-order valence-corrected chi connectivity index (χ2v) is 3.14. The van der Waals surface area contributed by atoms with Gasteiger partial charge in [-0.15, -0.1) is 6.58 Å². The van der Waals surface area contributed by atoms with Gasteiger partial charge in [-0.2, -0.15) is 0 Å². The van der Waals surface area contributed by atoms with Crippen molar-refractivity contribution in [1.82, 2.24) is 0 Å². The maximum atomic E-state index is 3.73. The van der Waals surface area contributed by atoms with Crippen LogP contribution in [0.15, 0.2) is 12.7 Å². The van der Waals surface area contributed by atoms with Crippen LogP contribution in [0.3, 0.4) is 0 Å². The van der Waals surface area contributed by atoms with E-state index in [-0.39, 0.29) is 0 Å². The number of rotatable bonds is 3. The van der Waals surface area contributed by atoms with Crippen molar-refractivity contribution in [3.8, 4) is 0 Å². The summed E-state index contributed by atoms with van der Waals surface area (Å²) < 4.78 is 0. The third-order valence-electron chi connectivity index (χ3n) is 2.41. The van der Waals surface area contributed by atoms with E-state index in [1.54, 1.807) is 0 Å². The minimum Gasteiger partial charge on any atom is -0.103 e. The van der Waals surface area contributed by atoms with Crippen molar-refractivity contribution in [2.45, 2.75) is 32.6 Å². The molecule has 0 heterocycles. The van der Waals surface area contributed by atoms with Gasteiger partial charge in [0.1, 0.15) is 0 Å². The smallest absolute Gasteiger partial charge is 0.0325 e. The molecule has 1 aliphatic rings. The lowest BCUT2D eigenvalue weighted by Crippen LogP contribution is -2.21. The zero-order valence-corrected chi connectivity index (χ0v) is 6.27. The molecule has 0 heteroatoms. The first kappa shape index (κ1) is 6.85. The van der Waals surface area contributed by atoms with Crippen molar-refractivity contribution < 1.29 is 0 Å². The quantitative estimate of drug-likeness (QED) is 0.507. The highest BCUT2D eigenvalue weighted by molar-refractivity contribution is 4.83. The van der Waals surface area contributed by atoms with Gasteiger partial charge in [-0.25, -0.2) is 0 Å². The van der Waals surface area contributed by atoms with Gasteiger partial charge >= 0.3 is 0 Å². The zero-order chi connectivity index (χ0) is 6.69. The monoisotopic (exact) mass is 124 g/mol. The molecule has 1 saturated carbocycles. The third kappa shape index (κ3) is 1.57. The Kier molecular flexibility index (Phi) is 2.32. The Morgan fingerprint density at radius 1 is 1.44 bits per heavy atom. The van der Waals surface area contributed by atoms with E-state index in [2.05, 4.69) is 19.6 Å². The Labute approximate surface area is 58.0 Å². The Morgan fingerprint density at radius 2 is 2.11 bits per heavy atom. The molecule has 0 N–H and O–H groups in total. The molecule has 52 valence electrons. The minimum absolute atomic E-state index is 0.993. The molecule has 0 aromatic heterocycles. The van der Waals surface area contributed by atoms with Crippen LogP contribution >= 0.6 is 0 Å². The fourth-order valence-electron chi connectivity index (χ4n) is 1.64. The molecule has 0 bridgehead atoms. The molecule has 0 radical (unpaired) electrons. The molecule has 0 saturated heterocycles. The molecule has 0 nitrogen and oxygen atoms in total. The van der Waals surface area contributed by atoms with Crippen molar-refractivity contribution >= 4 is 0 Å². The summed E-state index contributed by atoms with van der Waals surface area (Å²) in [5, 5.41) is 0. The van der Waals surface area contributed by atoms with Crippen LogP contribution in [0.25, 0.3) is 0 Å². The summed E-state index contributed by atoms with van der Waals surface area (Å²) in [6.45, 7) is 6.02. The summed E-state index contributed by atoms with van der Waals surface area (Å²) in [6.07, 6.45) is 7.60. The molecule has 0 unspecified atom stereocenters. The van der Waals surface area contributed by atoms with Crippen molar-refractivity contribution in [3.05, 3.63) is 12.7 Å². The molecule has 0 spiro atoms. The molecule has 1 fully saturated rings. The first-order valence-electron chi connectivity index (χ1n) is 3.97. The van der Waals surface area contributed by atoms with Gasteiger partial charge in [-0.05, 0) is 31.1 Å². The van der Waals surface area contributed by atoms with E-state index >= 15 is 0 Å². The van der Waals surface area contributed by atoms with E-state index in [0.717, 1.165) is 11.8 Å². The lowest BCUT2D eigenvalue weighted by molar-refractivity contribution is 0.190. The van der Waals surface area contributed by atoms with Gasteiger partial charge in [0, 0.05) is 0 Å². The fraction of sp³-hybridized carbons (Fsp3) is 0.778. The summed E-state index contributed by atoms with van der Waals surface area (Å²) >= 11 is 0. The normalized spacial score (nSPS) is 33.4. The average Bonchev–Trinajstić information content (AvgIpc) is 1.77. The van der Waals surface area contributed by atoms with E-state index in [9.17, 15) is 0 Å². The van der Waals surface area contributed by atoms with Gasteiger partial charge in [0.15, 0.2) is 0 Å². The van der Waals surface area contributed by atoms with E-state index in [1.165, 1.54) is 25.7 Å². The average molecular weight is 124 g/mol. The van der Waals surface area contributed by atoms with Gasteiger partial charge in [0.05, 0.1) is 0 Å². The summed E-state index contributed by atoms with van der Waals surface area (Å²) in [5.74, 6) is 2.04. The van der Waals surface area contributed by atoms with Crippen LogP contribution in [0, 0.1) is 11.8 Å². The van der Waals surface area contributed by atoms with Gasteiger partial charge in [-0.3, -0.25) is 0 Å². The second-order valence-electron chi connectivity index (χ2n) is 3.14. The molecular weight excluding hydrogens is 108 g/mol. The van der Waals surface area contributed by atoms with Gasteiger partial charge in [0.2, 0.25) is 0 Å². The van der Waals surface area contributed by atoms with Gasteiger partial charge in [0.25, 0.3) is 0 Å². The molecule has 0 aromatic rings. The molecule has 0 aromatic carbocycles. The van der Waals surface area contributed by atoms with Crippen LogP contribution in [-0.2, 0) is 0 Å². The summed E-state index contributed by atoms with van der Waals surface area (Å²) in [7, 11) is 0. The maximum Gasteiger partial charge on any atom is -0.0325 e. The zero-order valence-electron chi connectivity index (χ0n) is 6.27. The standard InChI is InChI=1S/C9H16/c1-3-5-9-6-8(4-2)7-9/h3,8-9H,1,4-7H2,2H3. The Morgan fingerprint density at radius 3 is 2.56 bits per heavy atom. The predicted molar refractivity (Wildman–Crippen MR) is 41.3 cm³/mol. The highest BCUT2D eigenvalue weighted by atomic mass is 14.3. The summed E-state index contributed by atoms with van der Waals surface area (Å²) in [6, 6.07) is 0. The second kappa shape index (κ2) is 3.05. The Bertz CT molecular complexity index is 88.2. The van der Waals surface area contributed by atoms with Crippen molar-refractivity contribution in [1.29, 1.82) is 0 Å². The first-order chi connectivity index (χ1) is 4.36. The highest BCUT2D eigenvalue weighted by Gasteiger charge is 2.25. The van der Waals surface area contributed by atoms with Crippen LogP contribution in [0.1, 0.15) is 32.6 Å². The number of hydrogen-bond acceptors (Lipinski definition) is 0. The summed E-state index contributed by atoms with van der Waals surface area (Å²) in [5.41, 5.74) is 0. The minimum atomic E-state index is 0.993. The molecule has 0 amide bonds.